The normalized spacial score (nSPS) is 21.6. The summed E-state index contributed by atoms with van der Waals surface area (Å²) in [5.41, 5.74) is 0.909. The fraction of sp³-hybridized carbons (Fsp3) is 0.500. The van der Waals surface area contributed by atoms with Gasteiger partial charge in [0.2, 0.25) is 0 Å². The minimum Gasteiger partial charge on any atom is -0.345 e. The van der Waals surface area contributed by atoms with Gasteiger partial charge in [0.25, 0.3) is 0 Å². The second-order valence-corrected chi connectivity index (χ2v) is 6.09. The van der Waals surface area contributed by atoms with Crippen molar-refractivity contribution in [2.24, 2.45) is 5.92 Å². The first-order chi connectivity index (χ1) is 10.1. The highest BCUT2D eigenvalue weighted by molar-refractivity contribution is 6.35. The first-order valence-corrected chi connectivity index (χ1v) is 7.77. The molecule has 0 unspecified atom stereocenters. The number of hydrogen-bond acceptors (Lipinski definition) is 2. The van der Waals surface area contributed by atoms with Gasteiger partial charge in [0.15, 0.2) is 0 Å². The summed E-state index contributed by atoms with van der Waals surface area (Å²) in [6.07, 6.45) is 4.38. The standard InChI is InChI=1S/C16H21ClN2O2/c1-11-4-2-3-5-14(11)19-16(21)15(20)18-10-12-6-8-13(17)9-7-12/h6-9,11,14H,2-5,10H2,1H3,(H,18,20)(H,19,21)/t11-,14+/m0/s1. The number of carbonyl (C=O) groups excluding carboxylic acids is 2. The molecule has 2 atom stereocenters. The SMILES string of the molecule is C[C@H]1CCCC[C@H]1NC(=O)C(=O)NCc1ccc(Cl)cc1. The minimum atomic E-state index is -0.581. The topological polar surface area (TPSA) is 58.2 Å². The van der Waals surface area contributed by atoms with Crippen molar-refractivity contribution in [3.05, 3.63) is 34.9 Å². The van der Waals surface area contributed by atoms with Crippen LogP contribution in [0.1, 0.15) is 38.2 Å². The lowest BCUT2D eigenvalue weighted by Crippen LogP contribution is -2.47. The van der Waals surface area contributed by atoms with E-state index in [1.807, 2.05) is 12.1 Å². The van der Waals surface area contributed by atoms with Gasteiger partial charge in [-0.25, -0.2) is 0 Å². The Morgan fingerprint density at radius 3 is 2.48 bits per heavy atom. The lowest BCUT2D eigenvalue weighted by atomic mass is 9.86. The molecule has 1 aliphatic rings. The largest absolute Gasteiger partial charge is 0.345 e. The smallest absolute Gasteiger partial charge is 0.309 e. The minimum absolute atomic E-state index is 0.118. The molecule has 0 bridgehead atoms. The molecular formula is C16H21ClN2O2. The average Bonchev–Trinajstić information content (AvgIpc) is 2.48. The Morgan fingerprint density at radius 2 is 1.81 bits per heavy atom. The van der Waals surface area contributed by atoms with Crippen LogP contribution in [0.4, 0.5) is 0 Å². The molecule has 1 aliphatic carbocycles. The molecule has 4 nitrogen and oxygen atoms in total. The number of carbonyl (C=O) groups is 2. The van der Waals surface area contributed by atoms with Crippen molar-refractivity contribution in [1.82, 2.24) is 10.6 Å². The zero-order chi connectivity index (χ0) is 15.2. The van der Waals surface area contributed by atoms with Gasteiger partial charge in [-0.2, -0.15) is 0 Å². The van der Waals surface area contributed by atoms with Crippen LogP contribution in [0.15, 0.2) is 24.3 Å². The first kappa shape index (κ1) is 15.8. The van der Waals surface area contributed by atoms with Crippen LogP contribution in [0.5, 0.6) is 0 Å². The Balaban J connectivity index is 1.79. The van der Waals surface area contributed by atoms with Gasteiger partial charge >= 0.3 is 11.8 Å². The summed E-state index contributed by atoms with van der Waals surface area (Å²) in [7, 11) is 0. The Bertz CT molecular complexity index is 502. The highest BCUT2D eigenvalue weighted by Crippen LogP contribution is 2.23. The quantitative estimate of drug-likeness (QED) is 0.843. The third kappa shape index (κ3) is 4.74. The molecule has 2 amide bonds. The molecule has 2 N–H and O–H groups in total. The number of hydrogen-bond donors (Lipinski definition) is 2. The summed E-state index contributed by atoms with van der Waals surface area (Å²) in [5, 5.41) is 6.12. The molecular weight excluding hydrogens is 288 g/mol. The Labute approximate surface area is 130 Å². The van der Waals surface area contributed by atoms with Crippen LogP contribution in [0.2, 0.25) is 5.02 Å². The molecule has 1 fully saturated rings. The highest BCUT2D eigenvalue weighted by Gasteiger charge is 2.25. The van der Waals surface area contributed by atoms with Crippen LogP contribution >= 0.6 is 11.6 Å². The number of benzene rings is 1. The summed E-state index contributed by atoms with van der Waals surface area (Å²) in [5.74, 6) is -0.683. The molecule has 21 heavy (non-hydrogen) atoms. The van der Waals surface area contributed by atoms with E-state index in [0.29, 0.717) is 17.5 Å². The van der Waals surface area contributed by atoms with Crippen molar-refractivity contribution in [2.75, 3.05) is 0 Å². The van der Waals surface area contributed by atoms with Gasteiger partial charge < -0.3 is 10.6 Å². The van der Waals surface area contributed by atoms with Gasteiger partial charge in [-0.3, -0.25) is 9.59 Å². The highest BCUT2D eigenvalue weighted by atomic mass is 35.5. The molecule has 1 aromatic carbocycles. The summed E-state index contributed by atoms with van der Waals surface area (Å²) < 4.78 is 0. The fourth-order valence-electron chi connectivity index (χ4n) is 2.63. The van der Waals surface area contributed by atoms with E-state index in [9.17, 15) is 9.59 Å². The number of amides is 2. The molecule has 0 radical (unpaired) electrons. The van der Waals surface area contributed by atoms with E-state index in [-0.39, 0.29) is 6.04 Å². The summed E-state index contributed by atoms with van der Waals surface area (Å²) >= 11 is 5.80. The maximum atomic E-state index is 11.9. The molecule has 2 rings (SSSR count). The second-order valence-electron chi connectivity index (χ2n) is 5.65. The van der Waals surface area contributed by atoms with E-state index in [1.165, 1.54) is 6.42 Å². The first-order valence-electron chi connectivity index (χ1n) is 7.39. The molecule has 0 aliphatic heterocycles. The lowest BCUT2D eigenvalue weighted by Gasteiger charge is -2.29. The lowest BCUT2D eigenvalue weighted by molar-refractivity contribution is -0.140. The maximum absolute atomic E-state index is 11.9. The van der Waals surface area contributed by atoms with Crippen LogP contribution in [-0.2, 0) is 16.1 Å². The number of halogens is 1. The summed E-state index contributed by atoms with van der Waals surface area (Å²) in [6.45, 7) is 2.44. The van der Waals surface area contributed by atoms with Crippen LogP contribution in [0, 0.1) is 5.92 Å². The molecule has 1 aromatic rings. The van der Waals surface area contributed by atoms with Crippen LogP contribution < -0.4 is 10.6 Å². The summed E-state index contributed by atoms with van der Waals surface area (Å²) in [6, 6.07) is 7.28. The van der Waals surface area contributed by atoms with Crippen molar-refractivity contribution >= 4 is 23.4 Å². The van der Waals surface area contributed by atoms with Crippen molar-refractivity contribution in [1.29, 1.82) is 0 Å². The van der Waals surface area contributed by atoms with Crippen molar-refractivity contribution in [3.8, 4) is 0 Å². The monoisotopic (exact) mass is 308 g/mol. The molecule has 0 saturated heterocycles. The van der Waals surface area contributed by atoms with E-state index in [4.69, 9.17) is 11.6 Å². The van der Waals surface area contributed by atoms with E-state index in [0.717, 1.165) is 24.8 Å². The van der Waals surface area contributed by atoms with Crippen LogP contribution in [0.3, 0.4) is 0 Å². The number of rotatable bonds is 3. The van der Waals surface area contributed by atoms with Gasteiger partial charge in [-0.1, -0.05) is 43.5 Å². The zero-order valence-electron chi connectivity index (χ0n) is 12.2. The Morgan fingerprint density at radius 1 is 1.14 bits per heavy atom. The summed E-state index contributed by atoms with van der Waals surface area (Å²) in [4.78, 5) is 23.7. The van der Waals surface area contributed by atoms with Crippen LogP contribution in [0.25, 0.3) is 0 Å². The fourth-order valence-corrected chi connectivity index (χ4v) is 2.76. The molecule has 5 heteroatoms. The van der Waals surface area contributed by atoms with Gasteiger partial charge in [-0.05, 0) is 36.5 Å². The Kier molecular flexibility index (Phi) is 5.62. The average molecular weight is 309 g/mol. The molecule has 1 saturated carbocycles. The third-order valence-corrected chi connectivity index (χ3v) is 4.25. The number of nitrogens with one attached hydrogen (secondary N) is 2. The Hall–Kier alpha value is -1.55. The van der Waals surface area contributed by atoms with E-state index >= 15 is 0 Å². The second kappa shape index (κ2) is 7.46. The maximum Gasteiger partial charge on any atom is 0.309 e. The van der Waals surface area contributed by atoms with Gasteiger partial charge in [0.05, 0.1) is 0 Å². The van der Waals surface area contributed by atoms with E-state index < -0.39 is 11.8 Å². The van der Waals surface area contributed by atoms with Crippen molar-refractivity contribution in [3.63, 3.8) is 0 Å². The molecule has 0 spiro atoms. The molecule has 0 heterocycles. The zero-order valence-corrected chi connectivity index (χ0v) is 13.0. The molecule has 0 aromatic heterocycles. The van der Waals surface area contributed by atoms with Gasteiger partial charge in [-0.15, -0.1) is 0 Å². The third-order valence-electron chi connectivity index (χ3n) is 4.00. The van der Waals surface area contributed by atoms with E-state index in [1.54, 1.807) is 12.1 Å². The van der Waals surface area contributed by atoms with Gasteiger partial charge in [0, 0.05) is 17.6 Å². The van der Waals surface area contributed by atoms with Crippen molar-refractivity contribution in [2.45, 2.75) is 45.2 Å². The predicted molar refractivity (Wildman–Crippen MR) is 82.9 cm³/mol. The predicted octanol–water partition coefficient (Wildman–Crippen LogP) is 2.65. The van der Waals surface area contributed by atoms with Gasteiger partial charge in [0.1, 0.15) is 0 Å². The van der Waals surface area contributed by atoms with E-state index in [2.05, 4.69) is 17.6 Å². The molecule has 114 valence electrons. The van der Waals surface area contributed by atoms with Crippen molar-refractivity contribution < 1.29 is 9.59 Å². The van der Waals surface area contributed by atoms with Crippen LogP contribution in [-0.4, -0.2) is 17.9 Å².